The second kappa shape index (κ2) is 35.2. The lowest BCUT2D eigenvalue weighted by molar-refractivity contribution is -0.128. The summed E-state index contributed by atoms with van der Waals surface area (Å²) in [7, 11) is 0. The number of nitrogens with zero attached hydrogens (tertiary/aromatic N) is 4. The van der Waals surface area contributed by atoms with Gasteiger partial charge in [-0.25, -0.2) is 19.6 Å². The van der Waals surface area contributed by atoms with Crippen LogP contribution in [-0.4, -0.2) is 195 Å². The number of carbonyl (C=O) groups is 8. The van der Waals surface area contributed by atoms with Crippen molar-refractivity contribution in [3.63, 3.8) is 0 Å². The summed E-state index contributed by atoms with van der Waals surface area (Å²) in [6, 6.07) is 89.6. The molecule has 0 aromatic heterocycles. The minimum Gasteiger partial charge on any atom is -0.508 e. The molecule has 4 saturated heterocycles. The predicted octanol–water partition coefficient (Wildman–Crippen LogP) is 11.8. The molecule has 26 heteroatoms. The van der Waals surface area contributed by atoms with E-state index in [-0.39, 0.29) is 163 Å². The Kier molecular flexibility index (Phi) is 22.5. The average molecular weight is 1890 g/mol. The summed E-state index contributed by atoms with van der Waals surface area (Å²) < 4.78 is 49.1. The van der Waals surface area contributed by atoms with Gasteiger partial charge in [-0.15, -0.1) is 0 Å². The van der Waals surface area contributed by atoms with Crippen LogP contribution < -0.4 is 19.6 Å². The van der Waals surface area contributed by atoms with Crippen LogP contribution in [0.5, 0.6) is 11.5 Å². The van der Waals surface area contributed by atoms with E-state index in [4.69, 9.17) is 37.9 Å². The number of carbonyl (C=O) groups excluding carboxylic acids is 8. The van der Waals surface area contributed by atoms with Gasteiger partial charge in [0.25, 0.3) is 0 Å². The van der Waals surface area contributed by atoms with E-state index in [1.807, 2.05) is 218 Å². The first-order chi connectivity index (χ1) is 68.8. The van der Waals surface area contributed by atoms with Crippen molar-refractivity contribution >= 4 is 70.0 Å². The number of phenolic OH excluding ortho intramolecular Hbond substituents is 2. The first kappa shape index (κ1) is 89.9. The minimum atomic E-state index is -1.16. The molecule has 16 aliphatic rings. The quantitative estimate of drug-likeness (QED) is 0.0124. The highest BCUT2D eigenvalue weighted by Crippen LogP contribution is 2.70. The number of phenols is 2. The first-order valence-electron chi connectivity index (χ1n) is 48.1. The van der Waals surface area contributed by atoms with Gasteiger partial charge < -0.3 is 68.5 Å². The Morgan fingerprint density at radius 2 is 0.404 bits per heavy atom. The Hall–Kier alpha value is -13.7. The summed E-state index contributed by atoms with van der Waals surface area (Å²) in [6.07, 6.45) is -4.19. The zero-order valence-electron chi connectivity index (χ0n) is 76.6. The predicted molar refractivity (Wildman–Crippen MR) is 513 cm³/mol. The topological polar surface area (TPSA) is 345 Å². The summed E-state index contributed by atoms with van der Waals surface area (Å²) in [4.78, 5) is 126. The third-order valence-electron chi connectivity index (χ3n) is 32.3. The minimum absolute atomic E-state index is 0.00275. The van der Waals surface area contributed by atoms with E-state index in [9.17, 15) is 49.8 Å². The van der Waals surface area contributed by atoms with Crippen molar-refractivity contribution in [3.8, 4) is 11.5 Å². The number of benzene rings is 12. The van der Waals surface area contributed by atoms with E-state index < -0.39 is 105 Å². The van der Waals surface area contributed by atoms with E-state index in [1.165, 1.54) is 43.9 Å². The molecule has 12 aromatic carbocycles. The molecule has 8 amide bonds. The highest BCUT2D eigenvalue weighted by atomic mass is 16.7. The van der Waals surface area contributed by atoms with Gasteiger partial charge in [-0.3, -0.25) is 38.4 Å². The molecule has 12 unspecified atom stereocenters. The van der Waals surface area contributed by atoms with Crippen molar-refractivity contribution < 1.29 is 107 Å². The van der Waals surface area contributed by atoms with Crippen LogP contribution >= 0.6 is 0 Å². The van der Waals surface area contributed by atoms with Gasteiger partial charge in [0, 0.05) is 23.7 Å². The van der Waals surface area contributed by atoms with Crippen LogP contribution in [0, 0.1) is 47.3 Å². The molecule has 6 N–H and O–H groups in total. The van der Waals surface area contributed by atoms with Crippen molar-refractivity contribution in [2.24, 2.45) is 47.3 Å². The van der Waals surface area contributed by atoms with Gasteiger partial charge in [0.15, 0.2) is 0 Å². The van der Waals surface area contributed by atoms with E-state index in [0.29, 0.717) is 29.2 Å². The number of imide groups is 4. The van der Waals surface area contributed by atoms with Crippen LogP contribution in [-0.2, 0) is 104 Å². The number of rotatable bonds is 34. The lowest BCUT2D eigenvalue weighted by Crippen LogP contribution is -2.56. The van der Waals surface area contributed by atoms with Crippen LogP contribution in [0.2, 0.25) is 0 Å². The molecule has 28 rings (SSSR count). The van der Waals surface area contributed by atoms with E-state index in [1.54, 1.807) is 48.5 Å². The molecular formula is C115H100N4O22. The second-order valence-corrected chi connectivity index (χ2v) is 39.5. The second-order valence-electron chi connectivity index (χ2n) is 39.5. The molecule has 0 radical (unpaired) electrons. The standard InChI is InChI=1S/C115H100N4O22/c120-70-45-41-68(42-46-70)118-106(128)98-94-80-21-5-13-29-88(80)114(102(98)110(118)132,89-30-14-6-22-81(89)94)60-136-52-74(124)56-140-62-138-54-72(122)50-134-58-112-84-25-9-1-17-76(84)92(77-18-2-10-26-85(77)112)96-100(112)108(130)116(104(96)126)66-37-33-64(34-38-66)49-65-35-39-67(40-36-65)117-105(127)97-93-78-19-3-11-27-86(78)113(101(97)109(117)131,87-28-12-4-20-79(87)93)59-135-51-73(123)55-139-63-141-57-75(125)53-137-61-115-90-31-15-7-23-82(90)95(83-24-8-16-32-91(83)115)99-103(115)111(133)119(107(99)129)69-43-47-71(121)48-44-69/h1-48,72-75,92-103,120-125H,49-63H2. The molecule has 4 heterocycles. The third kappa shape index (κ3) is 13.6. The Morgan fingerprint density at radius 3 is 0.603 bits per heavy atom. The summed E-state index contributed by atoms with van der Waals surface area (Å²) in [5.41, 5.74) is 13.2. The van der Waals surface area contributed by atoms with Crippen molar-refractivity contribution in [2.75, 3.05) is 112 Å². The normalized spacial score (nSPS) is 27.2. The molecule has 26 nitrogen and oxygen atoms in total. The SMILES string of the molecule is O=C1C2C3c4ccccc4C(COCC(O)COCOCC(O)COCC45c6ccccc6C(c6ccccc64)C4C(=O)N(c6ccc(Cc7ccc(N8C(=O)C9C%10c%11ccccc%11C(COCC(O)COCOCC(O)COCC%11%12c%13ccccc%13C(c%13ccccc%13%11)C%11C(=O)N(c%13ccc(O)cc%13)C(=O)C%11%12)(c%11ccccc%11%10)C9C8=O)cc7)cc6)C(=O)C45)(c4ccccc43)C2C(=O)N1c1ccc(O)cc1. The van der Waals surface area contributed by atoms with E-state index >= 15 is 19.2 Å². The van der Waals surface area contributed by atoms with Gasteiger partial charge in [0.2, 0.25) is 47.3 Å². The maximum absolute atomic E-state index is 15.6. The molecule has 12 atom stereocenters. The van der Waals surface area contributed by atoms with Crippen LogP contribution in [0.1, 0.15) is 124 Å². The molecule has 141 heavy (non-hydrogen) atoms. The Labute approximate surface area is 811 Å². The highest BCUT2D eigenvalue weighted by Gasteiger charge is 2.74. The molecule has 0 spiro atoms. The van der Waals surface area contributed by atoms with Crippen molar-refractivity contribution in [3.05, 3.63) is 391 Å². The van der Waals surface area contributed by atoms with E-state index in [0.717, 1.165) is 100 Å². The van der Waals surface area contributed by atoms with Crippen LogP contribution in [0.4, 0.5) is 22.7 Å². The maximum atomic E-state index is 15.6. The maximum Gasteiger partial charge on any atom is 0.239 e. The number of aliphatic hydroxyl groups is 4. The molecule has 8 bridgehead atoms. The molecule has 712 valence electrons. The molecule has 4 fully saturated rings. The van der Waals surface area contributed by atoms with Crippen LogP contribution in [0.3, 0.4) is 0 Å². The Balaban J connectivity index is 0.395. The van der Waals surface area contributed by atoms with Crippen molar-refractivity contribution in [1.82, 2.24) is 0 Å². The van der Waals surface area contributed by atoms with Gasteiger partial charge in [0.1, 0.15) is 49.5 Å². The van der Waals surface area contributed by atoms with Crippen LogP contribution in [0.25, 0.3) is 0 Å². The number of hydrogen-bond donors (Lipinski definition) is 6. The highest BCUT2D eigenvalue weighted by molar-refractivity contribution is 6.27. The number of aliphatic hydroxyl groups excluding tert-OH is 4. The van der Waals surface area contributed by atoms with Gasteiger partial charge in [0.05, 0.1) is 171 Å². The summed E-state index contributed by atoms with van der Waals surface area (Å²) >= 11 is 0. The number of amides is 8. The fraction of sp³-hybridized carbons (Fsp3) is 0.304. The van der Waals surface area contributed by atoms with Gasteiger partial charge in [-0.05, 0) is 179 Å². The molecule has 12 aromatic rings. The molecule has 0 saturated carbocycles. The monoisotopic (exact) mass is 1890 g/mol. The first-order valence-corrected chi connectivity index (χ1v) is 48.1. The average Bonchev–Trinajstić information content (AvgIpc) is 1.58. The summed E-state index contributed by atoms with van der Waals surface area (Å²) in [6.45, 7) is -2.43. The number of ether oxygens (including phenoxy) is 8. The van der Waals surface area contributed by atoms with Gasteiger partial charge in [-0.2, -0.15) is 0 Å². The summed E-state index contributed by atoms with van der Waals surface area (Å²) in [5, 5.41) is 65.8. The van der Waals surface area contributed by atoms with Crippen molar-refractivity contribution in [1.29, 1.82) is 0 Å². The molecular weight excluding hydrogens is 1790 g/mol. The zero-order valence-corrected chi connectivity index (χ0v) is 76.6. The smallest absolute Gasteiger partial charge is 0.239 e. The number of hydrogen-bond acceptors (Lipinski definition) is 22. The lowest BCUT2D eigenvalue weighted by Gasteiger charge is -2.54. The van der Waals surface area contributed by atoms with Crippen LogP contribution in [0.15, 0.2) is 291 Å². The fourth-order valence-corrected chi connectivity index (χ4v) is 27.1. The lowest BCUT2D eigenvalue weighted by atomic mass is 9.47. The summed E-state index contributed by atoms with van der Waals surface area (Å²) in [5.74, 6) is -10.9. The largest absolute Gasteiger partial charge is 0.508 e. The Bertz CT molecular complexity index is 6440. The third-order valence-corrected chi connectivity index (χ3v) is 32.3. The number of anilines is 4. The number of aromatic hydroxyl groups is 2. The van der Waals surface area contributed by atoms with E-state index in [2.05, 4.69) is 0 Å². The Morgan fingerprint density at radius 1 is 0.227 bits per heavy atom. The zero-order chi connectivity index (χ0) is 96.2. The fourth-order valence-electron chi connectivity index (χ4n) is 27.1. The van der Waals surface area contributed by atoms with Crippen molar-refractivity contribution in [2.45, 2.75) is 76.2 Å². The van der Waals surface area contributed by atoms with Gasteiger partial charge >= 0.3 is 0 Å². The molecule has 4 aliphatic heterocycles. The molecule has 12 aliphatic carbocycles. The van der Waals surface area contributed by atoms with Gasteiger partial charge in [-0.1, -0.05) is 218 Å².